The van der Waals surface area contributed by atoms with Crippen molar-refractivity contribution in [3.63, 3.8) is 0 Å². The molecule has 2 rings (SSSR count). The maximum absolute atomic E-state index is 12.4. The lowest BCUT2D eigenvalue weighted by Gasteiger charge is -2.32. The summed E-state index contributed by atoms with van der Waals surface area (Å²) in [5.41, 5.74) is 1.04. The monoisotopic (exact) mass is 299 g/mol. The first-order valence-corrected chi connectivity index (χ1v) is 7.73. The third-order valence-electron chi connectivity index (χ3n) is 3.86. The molecule has 1 N–H and O–H groups in total. The van der Waals surface area contributed by atoms with Gasteiger partial charge >= 0.3 is 0 Å². The van der Waals surface area contributed by atoms with Crippen molar-refractivity contribution in [1.29, 1.82) is 5.26 Å². The molecule has 1 saturated heterocycles. The van der Waals surface area contributed by atoms with Gasteiger partial charge in [0.15, 0.2) is 0 Å². The molecule has 1 aromatic rings. The number of amides is 2. The number of carbonyl (C=O) groups excluding carboxylic acids is 2. The summed E-state index contributed by atoms with van der Waals surface area (Å²) >= 11 is 0. The number of hydrogen-bond acceptors (Lipinski definition) is 3. The third-order valence-corrected chi connectivity index (χ3v) is 3.86. The van der Waals surface area contributed by atoms with Crippen LogP contribution >= 0.6 is 0 Å². The summed E-state index contributed by atoms with van der Waals surface area (Å²) < 4.78 is 0. The highest BCUT2D eigenvalue weighted by atomic mass is 16.2. The van der Waals surface area contributed by atoms with Gasteiger partial charge in [-0.05, 0) is 37.5 Å². The highest BCUT2D eigenvalue weighted by molar-refractivity contribution is 5.94. The maximum Gasteiger partial charge on any atom is 0.253 e. The maximum atomic E-state index is 12.4. The summed E-state index contributed by atoms with van der Waals surface area (Å²) in [5, 5.41) is 11.9. The molecule has 0 aliphatic carbocycles. The molecule has 0 saturated carbocycles. The first kappa shape index (κ1) is 16.0. The van der Waals surface area contributed by atoms with Crippen molar-refractivity contribution >= 4 is 11.8 Å². The molecule has 1 aromatic carbocycles. The van der Waals surface area contributed by atoms with Crippen LogP contribution in [0.25, 0.3) is 0 Å². The van der Waals surface area contributed by atoms with E-state index < -0.39 is 0 Å². The Morgan fingerprint density at radius 1 is 1.36 bits per heavy atom. The highest BCUT2D eigenvalue weighted by Gasteiger charge is 2.24. The number of rotatable bonds is 4. The summed E-state index contributed by atoms with van der Waals surface area (Å²) in [4.78, 5) is 25.8. The van der Waals surface area contributed by atoms with Crippen LogP contribution in [0.5, 0.6) is 0 Å². The molecule has 1 aliphatic heterocycles. The normalized spacial score (nSPS) is 15.2. The van der Waals surface area contributed by atoms with E-state index in [-0.39, 0.29) is 17.9 Å². The van der Waals surface area contributed by atoms with Gasteiger partial charge in [-0.15, -0.1) is 0 Å². The van der Waals surface area contributed by atoms with Crippen molar-refractivity contribution in [2.75, 3.05) is 13.1 Å². The van der Waals surface area contributed by atoms with Gasteiger partial charge in [-0.3, -0.25) is 9.59 Å². The Labute approximate surface area is 130 Å². The second-order valence-electron chi connectivity index (χ2n) is 5.58. The molecule has 1 heterocycles. The lowest BCUT2D eigenvalue weighted by molar-refractivity contribution is -0.122. The summed E-state index contributed by atoms with van der Waals surface area (Å²) in [5.74, 6) is 0.0458. The molecular formula is C17H21N3O2. The molecule has 0 aromatic heterocycles. The van der Waals surface area contributed by atoms with Gasteiger partial charge in [0.05, 0.1) is 11.6 Å². The van der Waals surface area contributed by atoms with Crippen LogP contribution in [0, 0.1) is 11.3 Å². The van der Waals surface area contributed by atoms with Crippen LogP contribution in [-0.4, -0.2) is 35.8 Å². The topological polar surface area (TPSA) is 73.2 Å². The van der Waals surface area contributed by atoms with Crippen molar-refractivity contribution in [1.82, 2.24) is 10.2 Å². The Balaban J connectivity index is 1.89. The molecule has 2 amide bonds. The van der Waals surface area contributed by atoms with Crippen molar-refractivity contribution < 1.29 is 9.59 Å². The van der Waals surface area contributed by atoms with Gasteiger partial charge in [-0.2, -0.15) is 5.26 Å². The fourth-order valence-corrected chi connectivity index (χ4v) is 2.66. The Hall–Kier alpha value is -2.35. The molecule has 5 heteroatoms. The van der Waals surface area contributed by atoms with Crippen LogP contribution in [0.4, 0.5) is 0 Å². The molecule has 5 nitrogen and oxygen atoms in total. The van der Waals surface area contributed by atoms with Crippen LogP contribution in [0.3, 0.4) is 0 Å². The number of nitrogens with one attached hydrogen (secondary N) is 1. The number of nitrogens with zero attached hydrogens (tertiary/aromatic N) is 2. The molecule has 0 spiro atoms. The van der Waals surface area contributed by atoms with Crippen molar-refractivity contribution in [3.05, 3.63) is 35.4 Å². The van der Waals surface area contributed by atoms with E-state index in [1.54, 1.807) is 29.2 Å². The summed E-state index contributed by atoms with van der Waals surface area (Å²) in [6.45, 7) is 3.25. The van der Waals surface area contributed by atoms with Gasteiger partial charge in [-0.25, -0.2) is 0 Å². The van der Waals surface area contributed by atoms with Crippen LogP contribution < -0.4 is 5.32 Å². The lowest BCUT2D eigenvalue weighted by Crippen LogP contribution is -2.46. The van der Waals surface area contributed by atoms with Crippen LogP contribution in [0.15, 0.2) is 24.3 Å². The number of hydrogen-bond donors (Lipinski definition) is 1. The van der Waals surface area contributed by atoms with E-state index in [9.17, 15) is 9.59 Å². The highest BCUT2D eigenvalue weighted by Crippen LogP contribution is 2.15. The number of benzene rings is 1. The molecule has 0 radical (unpaired) electrons. The smallest absolute Gasteiger partial charge is 0.253 e. The standard InChI is InChI=1S/C17H21N3O2/c1-2-4-16(21)19-15-7-9-20(10-8-15)17(22)14-6-3-5-13(11-14)12-18/h3,5-6,11,15H,2,4,7-10H2,1H3,(H,19,21). The van der Waals surface area contributed by atoms with Gasteiger partial charge in [0.25, 0.3) is 5.91 Å². The minimum atomic E-state index is -0.0459. The average Bonchev–Trinajstić information content (AvgIpc) is 2.55. The Kier molecular flexibility index (Phi) is 5.54. The fraction of sp³-hybridized carbons (Fsp3) is 0.471. The number of likely N-dealkylation sites (tertiary alicyclic amines) is 1. The molecule has 1 aliphatic rings. The lowest BCUT2D eigenvalue weighted by atomic mass is 10.0. The summed E-state index contributed by atoms with van der Waals surface area (Å²) in [6, 6.07) is 8.98. The average molecular weight is 299 g/mol. The number of nitriles is 1. The van der Waals surface area contributed by atoms with E-state index in [2.05, 4.69) is 5.32 Å². The molecule has 1 fully saturated rings. The Bertz CT molecular complexity index is 584. The van der Waals surface area contributed by atoms with Crippen molar-refractivity contribution in [3.8, 4) is 6.07 Å². The number of piperidine rings is 1. The van der Waals surface area contributed by atoms with E-state index in [1.807, 2.05) is 13.0 Å². The molecule has 116 valence electrons. The van der Waals surface area contributed by atoms with Crippen LogP contribution in [0.2, 0.25) is 0 Å². The Morgan fingerprint density at radius 2 is 2.09 bits per heavy atom. The third kappa shape index (κ3) is 4.08. The van der Waals surface area contributed by atoms with Gasteiger partial charge in [0.1, 0.15) is 0 Å². The molecule has 0 bridgehead atoms. The van der Waals surface area contributed by atoms with E-state index in [0.29, 0.717) is 30.6 Å². The van der Waals surface area contributed by atoms with E-state index in [4.69, 9.17) is 5.26 Å². The second kappa shape index (κ2) is 7.60. The second-order valence-corrected chi connectivity index (χ2v) is 5.58. The molecule has 0 atom stereocenters. The quantitative estimate of drug-likeness (QED) is 0.925. The SMILES string of the molecule is CCCC(=O)NC1CCN(C(=O)c2cccc(C#N)c2)CC1. The first-order chi connectivity index (χ1) is 10.6. The summed E-state index contributed by atoms with van der Waals surface area (Å²) in [6.07, 6.45) is 2.96. The van der Waals surface area contributed by atoms with Crippen LogP contribution in [0.1, 0.15) is 48.5 Å². The largest absolute Gasteiger partial charge is 0.353 e. The zero-order chi connectivity index (χ0) is 15.9. The van der Waals surface area contributed by atoms with E-state index in [0.717, 1.165) is 19.3 Å². The molecule has 0 unspecified atom stereocenters. The number of carbonyl (C=O) groups is 2. The summed E-state index contributed by atoms with van der Waals surface area (Å²) in [7, 11) is 0. The van der Waals surface area contributed by atoms with Crippen molar-refractivity contribution in [2.24, 2.45) is 0 Å². The molecular weight excluding hydrogens is 278 g/mol. The Morgan fingerprint density at radius 3 is 2.73 bits per heavy atom. The van der Waals surface area contributed by atoms with Gasteiger partial charge in [0.2, 0.25) is 5.91 Å². The predicted octanol–water partition coefficient (Wildman–Crippen LogP) is 2.08. The van der Waals surface area contributed by atoms with Crippen molar-refractivity contribution in [2.45, 2.75) is 38.6 Å². The van der Waals surface area contributed by atoms with E-state index in [1.165, 1.54) is 0 Å². The van der Waals surface area contributed by atoms with Crippen LogP contribution in [-0.2, 0) is 4.79 Å². The zero-order valence-corrected chi connectivity index (χ0v) is 12.8. The molecule has 22 heavy (non-hydrogen) atoms. The van der Waals surface area contributed by atoms with Gasteiger partial charge in [-0.1, -0.05) is 13.0 Å². The van der Waals surface area contributed by atoms with Gasteiger partial charge in [0, 0.05) is 31.1 Å². The fourth-order valence-electron chi connectivity index (χ4n) is 2.66. The van der Waals surface area contributed by atoms with E-state index >= 15 is 0 Å². The minimum absolute atomic E-state index is 0.0459. The zero-order valence-electron chi connectivity index (χ0n) is 12.8. The minimum Gasteiger partial charge on any atom is -0.353 e. The predicted molar refractivity (Wildman–Crippen MR) is 83.1 cm³/mol. The van der Waals surface area contributed by atoms with Gasteiger partial charge < -0.3 is 10.2 Å². The first-order valence-electron chi connectivity index (χ1n) is 7.73.